The van der Waals surface area contributed by atoms with Gasteiger partial charge in [0, 0.05) is 0 Å². The number of nitrogens with two attached hydrogens (primary N) is 1. The maximum absolute atomic E-state index is 5.35. The Bertz CT molecular complexity index is 143. The van der Waals surface area contributed by atoms with Gasteiger partial charge in [0.2, 0.25) is 0 Å². The van der Waals surface area contributed by atoms with Gasteiger partial charge in [-0.25, -0.2) is 6.07 Å². The molecule has 0 unspecified atom stereocenters. The summed E-state index contributed by atoms with van der Waals surface area (Å²) < 4.78 is 0. The van der Waals surface area contributed by atoms with Crippen LogP contribution in [0.15, 0.2) is 6.20 Å². The number of nitrogen functional groups attached to an aromatic ring is 1. The van der Waals surface area contributed by atoms with Crippen molar-refractivity contribution < 1.29 is 58.2 Å². The summed E-state index contributed by atoms with van der Waals surface area (Å²) in [6, 6.07) is 2.79. The second-order valence-electron chi connectivity index (χ2n) is 1.47. The summed E-state index contributed by atoms with van der Waals surface area (Å²) in [6.07, 6.45) is 1.70. The standard InChI is InChI=1S/C5H7N2.Rb/c1-4-5(6)2-3-7-4;/h3,7H,6H2,1H3;/q-1;+1. The van der Waals surface area contributed by atoms with Crippen molar-refractivity contribution in [3.63, 3.8) is 0 Å². The Morgan fingerprint density at radius 2 is 2.38 bits per heavy atom. The topological polar surface area (TPSA) is 41.8 Å². The van der Waals surface area contributed by atoms with Crippen LogP contribution in [0.4, 0.5) is 5.69 Å². The molecule has 1 heterocycles. The Balaban J connectivity index is 0.000000490. The molecule has 0 aromatic carbocycles. The molecule has 8 heavy (non-hydrogen) atoms. The van der Waals surface area contributed by atoms with E-state index in [9.17, 15) is 0 Å². The third-order valence-electron chi connectivity index (χ3n) is 0.920. The van der Waals surface area contributed by atoms with Crippen molar-refractivity contribution in [2.45, 2.75) is 6.92 Å². The van der Waals surface area contributed by atoms with E-state index in [4.69, 9.17) is 5.73 Å². The molecule has 1 rings (SSSR count). The zero-order valence-corrected chi connectivity index (χ0v) is 10.1. The SMILES string of the molecule is Cc1[nH]c[c-]c1N.[Rb+]. The van der Waals surface area contributed by atoms with Crippen molar-refractivity contribution in [2.75, 3.05) is 5.73 Å². The zero-order chi connectivity index (χ0) is 5.28. The maximum Gasteiger partial charge on any atom is 1.00 e. The largest absolute Gasteiger partial charge is 1.00 e. The molecule has 1 aromatic rings. The molecule has 0 amide bonds. The van der Waals surface area contributed by atoms with Gasteiger partial charge in [-0.05, 0) is 0 Å². The Morgan fingerprint density at radius 1 is 1.75 bits per heavy atom. The third-order valence-corrected chi connectivity index (χ3v) is 0.920. The first-order valence-electron chi connectivity index (χ1n) is 2.12. The smallest absolute Gasteiger partial charge is 0.456 e. The van der Waals surface area contributed by atoms with Crippen LogP contribution in [0, 0.1) is 13.0 Å². The van der Waals surface area contributed by atoms with E-state index in [-0.39, 0.29) is 58.2 Å². The van der Waals surface area contributed by atoms with E-state index in [1.54, 1.807) is 6.20 Å². The Morgan fingerprint density at radius 3 is 2.50 bits per heavy atom. The molecular weight excluding hydrogens is 174 g/mol. The molecule has 0 saturated carbocycles. The van der Waals surface area contributed by atoms with Crippen LogP contribution in [0.1, 0.15) is 5.69 Å². The molecule has 3 N–H and O–H groups in total. The molecule has 0 atom stereocenters. The van der Waals surface area contributed by atoms with Crippen LogP contribution in [-0.2, 0) is 0 Å². The molecule has 2 nitrogen and oxygen atoms in total. The Kier molecular flexibility index (Phi) is 4.25. The van der Waals surface area contributed by atoms with Gasteiger partial charge in [-0.3, -0.25) is 0 Å². The van der Waals surface area contributed by atoms with Crippen molar-refractivity contribution in [1.82, 2.24) is 4.98 Å². The Hall–Kier alpha value is 0.885. The van der Waals surface area contributed by atoms with Crippen LogP contribution in [0.2, 0.25) is 0 Å². The number of hydrogen-bond acceptors (Lipinski definition) is 1. The number of nitrogens with one attached hydrogen (secondary N) is 1. The van der Waals surface area contributed by atoms with E-state index in [1.807, 2.05) is 6.92 Å². The molecule has 0 bridgehead atoms. The molecule has 0 radical (unpaired) electrons. The molecular formula is C5H7N2Rb. The second kappa shape index (κ2) is 3.83. The van der Waals surface area contributed by atoms with E-state index >= 15 is 0 Å². The Labute approximate surface area is 97.6 Å². The quantitative estimate of drug-likeness (QED) is 0.434. The summed E-state index contributed by atoms with van der Waals surface area (Å²) in [7, 11) is 0. The molecule has 38 valence electrons. The molecule has 3 heteroatoms. The minimum Gasteiger partial charge on any atom is -0.456 e. The van der Waals surface area contributed by atoms with Gasteiger partial charge in [0.15, 0.2) is 0 Å². The fourth-order valence-electron chi connectivity index (χ4n) is 0.408. The van der Waals surface area contributed by atoms with Crippen molar-refractivity contribution in [3.05, 3.63) is 18.0 Å². The number of hydrogen-bond donors (Lipinski definition) is 2. The van der Waals surface area contributed by atoms with E-state index in [2.05, 4.69) is 11.1 Å². The number of anilines is 1. The number of rotatable bonds is 0. The van der Waals surface area contributed by atoms with Gasteiger partial charge in [0.1, 0.15) is 0 Å². The number of aromatic amines is 1. The van der Waals surface area contributed by atoms with E-state index in [0.29, 0.717) is 5.69 Å². The van der Waals surface area contributed by atoms with Gasteiger partial charge < -0.3 is 10.7 Å². The van der Waals surface area contributed by atoms with Gasteiger partial charge in [-0.1, -0.05) is 6.92 Å². The third kappa shape index (κ3) is 2.01. The molecule has 0 aliphatic rings. The molecule has 0 aliphatic carbocycles. The molecule has 1 aromatic heterocycles. The predicted molar refractivity (Wildman–Crippen MR) is 28.8 cm³/mol. The first kappa shape index (κ1) is 8.89. The van der Waals surface area contributed by atoms with Crippen LogP contribution < -0.4 is 63.9 Å². The van der Waals surface area contributed by atoms with E-state index in [1.165, 1.54) is 0 Å². The summed E-state index contributed by atoms with van der Waals surface area (Å²) in [4.78, 5) is 2.89. The van der Waals surface area contributed by atoms with Crippen LogP contribution in [0.3, 0.4) is 0 Å². The summed E-state index contributed by atoms with van der Waals surface area (Å²) >= 11 is 0. The van der Waals surface area contributed by atoms with Crippen LogP contribution in [0.25, 0.3) is 0 Å². The van der Waals surface area contributed by atoms with Gasteiger partial charge in [0.05, 0.1) is 0 Å². The molecule has 0 spiro atoms. The average molecular weight is 181 g/mol. The predicted octanol–water partition coefficient (Wildman–Crippen LogP) is -2.29. The summed E-state index contributed by atoms with van der Waals surface area (Å²) in [5.41, 5.74) is 7.05. The van der Waals surface area contributed by atoms with Gasteiger partial charge in [0.25, 0.3) is 0 Å². The van der Waals surface area contributed by atoms with Crippen molar-refractivity contribution >= 4 is 5.69 Å². The summed E-state index contributed by atoms with van der Waals surface area (Å²) in [6.45, 7) is 1.91. The van der Waals surface area contributed by atoms with Crippen molar-refractivity contribution in [3.8, 4) is 0 Å². The van der Waals surface area contributed by atoms with Gasteiger partial charge in [-0.15, -0.1) is 17.6 Å². The number of aromatic nitrogens is 1. The fraction of sp³-hybridized carbons (Fsp3) is 0.200. The van der Waals surface area contributed by atoms with Crippen LogP contribution in [-0.4, -0.2) is 4.98 Å². The van der Waals surface area contributed by atoms with Crippen molar-refractivity contribution in [2.24, 2.45) is 0 Å². The number of H-pyrrole nitrogens is 1. The van der Waals surface area contributed by atoms with Crippen LogP contribution in [0.5, 0.6) is 0 Å². The second-order valence-corrected chi connectivity index (χ2v) is 1.47. The molecule has 0 saturated heterocycles. The molecule has 0 aliphatic heterocycles. The number of aryl methyl sites for hydroxylation is 1. The van der Waals surface area contributed by atoms with Crippen LogP contribution >= 0.6 is 0 Å². The normalized spacial score (nSPS) is 8.12. The first-order valence-corrected chi connectivity index (χ1v) is 2.12. The fourth-order valence-corrected chi connectivity index (χ4v) is 0.408. The summed E-state index contributed by atoms with van der Waals surface area (Å²) in [5.74, 6) is 0. The summed E-state index contributed by atoms with van der Waals surface area (Å²) in [5, 5.41) is 0. The maximum atomic E-state index is 5.35. The molecule has 0 fully saturated rings. The first-order chi connectivity index (χ1) is 3.30. The zero-order valence-electron chi connectivity index (χ0n) is 5.15. The van der Waals surface area contributed by atoms with E-state index in [0.717, 1.165) is 5.69 Å². The van der Waals surface area contributed by atoms with Gasteiger partial charge >= 0.3 is 58.2 Å². The van der Waals surface area contributed by atoms with Gasteiger partial charge in [-0.2, -0.15) is 0 Å². The van der Waals surface area contributed by atoms with Crippen molar-refractivity contribution in [1.29, 1.82) is 0 Å². The average Bonchev–Trinajstić information content (AvgIpc) is 1.91. The minimum absolute atomic E-state index is 0. The minimum atomic E-state index is 0. The monoisotopic (exact) mass is 180 g/mol. The van der Waals surface area contributed by atoms with E-state index < -0.39 is 0 Å².